The van der Waals surface area contributed by atoms with E-state index in [-0.39, 0.29) is 23.9 Å². The van der Waals surface area contributed by atoms with E-state index in [0.717, 1.165) is 6.08 Å². The van der Waals surface area contributed by atoms with Crippen LogP contribution in [0.25, 0.3) is 0 Å². The van der Waals surface area contributed by atoms with Crippen LogP contribution >= 0.6 is 23.4 Å². The van der Waals surface area contributed by atoms with Crippen LogP contribution in [0.5, 0.6) is 0 Å². The van der Waals surface area contributed by atoms with Gasteiger partial charge >= 0.3 is 0 Å². The number of carbonyl (C=O) groups excluding carboxylic acids is 1. The van der Waals surface area contributed by atoms with Gasteiger partial charge < -0.3 is 4.90 Å². The molecule has 1 aromatic heterocycles. The largest absolute Gasteiger partial charge is 0.328 e. The molecular formula is C17H21ClF2N4OS. The molecule has 0 aliphatic rings. The monoisotopic (exact) mass is 402 g/mol. The molecule has 0 saturated carbocycles. The van der Waals surface area contributed by atoms with Gasteiger partial charge in [-0.05, 0) is 37.3 Å². The van der Waals surface area contributed by atoms with Gasteiger partial charge in [0.05, 0.1) is 11.9 Å². The van der Waals surface area contributed by atoms with Gasteiger partial charge in [-0.1, -0.05) is 11.6 Å². The van der Waals surface area contributed by atoms with Crippen LogP contribution in [0.15, 0.2) is 41.7 Å². The van der Waals surface area contributed by atoms with Gasteiger partial charge in [0.1, 0.15) is 11.2 Å². The second kappa shape index (κ2) is 12.5. The van der Waals surface area contributed by atoms with Crippen molar-refractivity contribution in [3.63, 3.8) is 0 Å². The summed E-state index contributed by atoms with van der Waals surface area (Å²) in [6.07, 6.45) is 4.33. The van der Waals surface area contributed by atoms with Crippen molar-refractivity contribution in [3.05, 3.63) is 36.7 Å². The Labute approximate surface area is 161 Å². The van der Waals surface area contributed by atoms with Gasteiger partial charge in [0, 0.05) is 31.1 Å². The smallest absolute Gasteiger partial charge is 0.266 e. The maximum absolute atomic E-state index is 12.4. The number of hydrogen-bond acceptors (Lipinski definition) is 5. The molecule has 26 heavy (non-hydrogen) atoms. The number of pyridine rings is 1. The van der Waals surface area contributed by atoms with E-state index in [2.05, 4.69) is 9.98 Å². The number of carbonyl (C=O) groups is 1. The van der Waals surface area contributed by atoms with E-state index in [1.807, 2.05) is 0 Å². The first-order valence-corrected chi connectivity index (χ1v) is 9.55. The Morgan fingerprint density at radius 2 is 2.27 bits per heavy atom. The first-order chi connectivity index (χ1) is 12.5. The van der Waals surface area contributed by atoms with E-state index < -0.39 is 12.1 Å². The van der Waals surface area contributed by atoms with Crippen molar-refractivity contribution in [2.75, 3.05) is 18.1 Å². The van der Waals surface area contributed by atoms with Gasteiger partial charge in [-0.2, -0.15) is 20.5 Å². The van der Waals surface area contributed by atoms with Crippen LogP contribution in [0.4, 0.5) is 14.5 Å². The van der Waals surface area contributed by atoms with E-state index in [9.17, 15) is 13.6 Å². The van der Waals surface area contributed by atoms with Crippen molar-refractivity contribution in [1.82, 2.24) is 9.88 Å². The number of allylic oxidation sites excluding steroid dienone is 1. The number of rotatable bonds is 11. The number of hydrogen-bond donors (Lipinski definition) is 1. The molecule has 0 saturated heterocycles. The Kier molecular flexibility index (Phi) is 10.7. The van der Waals surface area contributed by atoms with Crippen molar-refractivity contribution in [2.24, 2.45) is 4.99 Å². The van der Waals surface area contributed by atoms with Crippen LogP contribution in [-0.2, 0) is 4.79 Å². The van der Waals surface area contributed by atoms with Crippen molar-refractivity contribution in [1.29, 1.82) is 5.41 Å². The molecule has 1 aromatic rings. The molecule has 1 amide bonds. The predicted octanol–water partition coefficient (Wildman–Crippen LogP) is 4.51. The van der Waals surface area contributed by atoms with Crippen LogP contribution in [0, 0.1) is 5.41 Å². The molecule has 5 nitrogen and oxygen atoms in total. The van der Waals surface area contributed by atoms with E-state index in [0.29, 0.717) is 23.7 Å². The number of halogens is 3. The molecule has 1 atom stereocenters. The molecule has 0 spiro atoms. The molecule has 0 bridgehead atoms. The molecule has 1 unspecified atom stereocenters. The molecule has 1 N–H and O–H groups in total. The Morgan fingerprint density at radius 3 is 2.85 bits per heavy atom. The first-order valence-electron chi connectivity index (χ1n) is 8.02. The van der Waals surface area contributed by atoms with Gasteiger partial charge in [0.25, 0.3) is 6.08 Å². The number of aromatic nitrogens is 1. The highest BCUT2D eigenvalue weighted by Crippen LogP contribution is 2.13. The zero-order valence-electron chi connectivity index (χ0n) is 14.4. The normalized spacial score (nSPS) is 12.0. The molecule has 0 aliphatic heterocycles. The quantitative estimate of drug-likeness (QED) is 0.437. The third kappa shape index (κ3) is 8.53. The molecule has 0 fully saturated rings. The summed E-state index contributed by atoms with van der Waals surface area (Å²) >= 11 is 7.29. The number of aliphatic imine (C=N–C) groups is 1. The van der Waals surface area contributed by atoms with Crippen molar-refractivity contribution in [3.8, 4) is 0 Å². The third-order valence-corrected chi connectivity index (χ3v) is 4.53. The predicted molar refractivity (Wildman–Crippen MR) is 104 cm³/mol. The van der Waals surface area contributed by atoms with Gasteiger partial charge in [-0.15, -0.1) is 0 Å². The van der Waals surface area contributed by atoms with Crippen LogP contribution in [0.1, 0.15) is 19.8 Å². The Hall–Kier alpha value is -1.80. The van der Waals surface area contributed by atoms with Crippen LogP contribution < -0.4 is 0 Å². The summed E-state index contributed by atoms with van der Waals surface area (Å²) in [5.41, 5.74) is 0.600. The summed E-state index contributed by atoms with van der Waals surface area (Å²) in [7, 11) is 0. The molecule has 1 heterocycles. The number of nitrogens with one attached hydrogen (secondary N) is 1. The van der Waals surface area contributed by atoms with Crippen LogP contribution in [0.3, 0.4) is 0 Å². The number of amides is 1. The zero-order chi connectivity index (χ0) is 19.4. The first kappa shape index (κ1) is 22.2. The van der Waals surface area contributed by atoms with Gasteiger partial charge in [-0.3, -0.25) is 20.2 Å². The lowest BCUT2D eigenvalue weighted by Gasteiger charge is -2.26. The fourth-order valence-electron chi connectivity index (χ4n) is 2.05. The summed E-state index contributed by atoms with van der Waals surface area (Å²) < 4.78 is 23.9. The lowest BCUT2D eigenvalue weighted by atomic mass is 10.2. The minimum atomic E-state index is -1.68. The molecule has 1 rings (SSSR count). The second-order valence-corrected chi connectivity index (χ2v) is 6.74. The lowest BCUT2D eigenvalue weighted by molar-refractivity contribution is -0.130. The lowest BCUT2D eigenvalue weighted by Crippen LogP contribution is -2.44. The van der Waals surface area contributed by atoms with E-state index >= 15 is 0 Å². The van der Waals surface area contributed by atoms with Gasteiger partial charge in [0.15, 0.2) is 0 Å². The SMILES string of the molecule is CCN(C(=O)CCSCCC=C(F)F)C(C=Nc1cccnc1)C(=N)Cl. The molecule has 0 aromatic carbocycles. The Morgan fingerprint density at radius 1 is 1.50 bits per heavy atom. The highest BCUT2D eigenvalue weighted by molar-refractivity contribution is 7.99. The minimum Gasteiger partial charge on any atom is -0.328 e. The summed E-state index contributed by atoms with van der Waals surface area (Å²) in [5, 5.41) is 7.53. The summed E-state index contributed by atoms with van der Waals surface area (Å²) in [5.74, 6) is 0.868. The number of nitrogens with zero attached hydrogens (tertiary/aromatic N) is 3. The summed E-state index contributed by atoms with van der Waals surface area (Å²) in [6, 6.07) is 2.74. The van der Waals surface area contributed by atoms with E-state index in [4.69, 9.17) is 17.0 Å². The van der Waals surface area contributed by atoms with Crippen LogP contribution in [0.2, 0.25) is 0 Å². The zero-order valence-corrected chi connectivity index (χ0v) is 15.9. The average molecular weight is 403 g/mol. The second-order valence-electron chi connectivity index (χ2n) is 5.11. The van der Waals surface area contributed by atoms with Crippen LogP contribution in [-0.4, -0.2) is 51.3 Å². The maximum Gasteiger partial charge on any atom is 0.266 e. The van der Waals surface area contributed by atoms with Crippen molar-refractivity contribution >= 4 is 46.3 Å². The molecule has 0 aliphatic carbocycles. The van der Waals surface area contributed by atoms with Crippen molar-refractivity contribution in [2.45, 2.75) is 25.8 Å². The van der Waals surface area contributed by atoms with Gasteiger partial charge in [0.2, 0.25) is 5.91 Å². The fourth-order valence-corrected chi connectivity index (χ4v) is 3.04. The summed E-state index contributed by atoms with van der Waals surface area (Å²) in [6.45, 7) is 2.17. The highest BCUT2D eigenvalue weighted by atomic mass is 35.5. The molecule has 9 heteroatoms. The number of thioether (sulfide) groups is 1. The molecular weight excluding hydrogens is 382 g/mol. The molecule has 142 valence electrons. The topological polar surface area (TPSA) is 69.4 Å². The molecule has 0 radical (unpaired) electrons. The standard InChI is InChI=1S/C17H21ClF2N4OS/c1-2-24(16(25)7-10-26-9-4-6-15(19)20)14(17(18)21)12-23-13-5-3-8-22-11-13/h3,5-6,8,11-12,14,21H,2,4,7,9-10H2,1H3. The fraction of sp³-hybridized carbons (Fsp3) is 0.412. The maximum atomic E-state index is 12.4. The highest BCUT2D eigenvalue weighted by Gasteiger charge is 2.23. The third-order valence-electron chi connectivity index (χ3n) is 3.29. The van der Waals surface area contributed by atoms with E-state index in [1.54, 1.807) is 31.5 Å². The minimum absolute atomic E-state index is 0.166. The van der Waals surface area contributed by atoms with E-state index in [1.165, 1.54) is 22.9 Å². The Balaban J connectivity index is 2.60. The van der Waals surface area contributed by atoms with Crippen molar-refractivity contribution < 1.29 is 13.6 Å². The van der Waals surface area contributed by atoms with Gasteiger partial charge in [-0.25, -0.2) is 0 Å². The Bertz CT molecular complexity index is 639. The summed E-state index contributed by atoms with van der Waals surface area (Å²) in [4.78, 5) is 22.1. The average Bonchev–Trinajstić information content (AvgIpc) is 2.61.